The number of rotatable bonds is 10. The second-order valence-electron chi connectivity index (χ2n) is 9.87. The van der Waals surface area contributed by atoms with E-state index in [1.165, 1.54) is 19.2 Å². The van der Waals surface area contributed by atoms with E-state index in [1.807, 2.05) is 36.1 Å². The van der Waals surface area contributed by atoms with E-state index >= 15 is 0 Å². The van der Waals surface area contributed by atoms with Gasteiger partial charge in [-0.2, -0.15) is 0 Å². The largest absolute Gasteiger partial charge is 0.489 e. The average Bonchev–Trinajstić information content (AvgIpc) is 3.53. The molecule has 2 heterocycles. The van der Waals surface area contributed by atoms with Crippen LogP contribution in [0.15, 0.2) is 30.6 Å². The predicted molar refractivity (Wildman–Crippen MR) is 131 cm³/mol. The van der Waals surface area contributed by atoms with Crippen molar-refractivity contribution in [3.63, 3.8) is 0 Å². The zero-order valence-corrected chi connectivity index (χ0v) is 20.7. The molecule has 1 amide bonds. The number of ether oxygens (including phenoxy) is 2. The van der Waals surface area contributed by atoms with E-state index in [9.17, 15) is 9.90 Å². The summed E-state index contributed by atoms with van der Waals surface area (Å²) in [6, 6.07) is 7.75. The number of amides is 1. The molecule has 1 aromatic carbocycles. The summed E-state index contributed by atoms with van der Waals surface area (Å²) in [6.45, 7) is 7.46. The molecule has 1 aliphatic heterocycles. The molecule has 184 valence electrons. The number of benzene rings is 1. The van der Waals surface area contributed by atoms with Gasteiger partial charge in [0, 0.05) is 19.5 Å². The molecule has 8 nitrogen and oxygen atoms in total. The second-order valence-corrected chi connectivity index (χ2v) is 10.2. The smallest absolute Gasteiger partial charge is 0.238 e. The molecule has 2 N–H and O–H groups in total. The van der Waals surface area contributed by atoms with E-state index in [0.717, 1.165) is 30.8 Å². The van der Waals surface area contributed by atoms with E-state index < -0.39 is 5.60 Å². The van der Waals surface area contributed by atoms with Gasteiger partial charge in [-0.25, -0.2) is 9.97 Å². The van der Waals surface area contributed by atoms with Crippen LogP contribution >= 0.6 is 11.6 Å². The molecule has 2 fully saturated rings. The number of carbonyl (C=O) groups excluding carboxylic acids is 1. The topological polar surface area (TPSA) is 96.8 Å². The molecule has 2 aromatic rings. The highest BCUT2D eigenvalue weighted by molar-refractivity contribution is 6.34. The van der Waals surface area contributed by atoms with Crippen molar-refractivity contribution < 1.29 is 19.4 Å². The third kappa shape index (κ3) is 6.51. The number of anilines is 1. The normalized spacial score (nSPS) is 19.1. The first-order valence-electron chi connectivity index (χ1n) is 11.8. The molecule has 4 rings (SSSR count). The Morgan fingerprint density at radius 3 is 2.68 bits per heavy atom. The van der Waals surface area contributed by atoms with E-state index in [-0.39, 0.29) is 30.4 Å². The maximum absolute atomic E-state index is 12.4. The molecular weight excluding hydrogens is 456 g/mol. The molecule has 1 saturated heterocycles. The molecule has 1 unspecified atom stereocenters. The van der Waals surface area contributed by atoms with Gasteiger partial charge >= 0.3 is 0 Å². The number of carbonyl (C=O) groups is 1. The molecular formula is C25H33ClN4O4. The Bertz CT molecular complexity index is 991. The maximum atomic E-state index is 12.4. The maximum Gasteiger partial charge on any atom is 0.238 e. The van der Waals surface area contributed by atoms with Gasteiger partial charge in [0.1, 0.15) is 29.8 Å². The van der Waals surface area contributed by atoms with E-state index in [1.54, 1.807) is 13.8 Å². The van der Waals surface area contributed by atoms with Crippen molar-refractivity contribution in [2.75, 3.05) is 31.1 Å². The minimum absolute atomic E-state index is 0.0168. The van der Waals surface area contributed by atoms with Crippen molar-refractivity contribution in [1.29, 1.82) is 0 Å². The van der Waals surface area contributed by atoms with Gasteiger partial charge in [0.05, 0.1) is 18.1 Å². The van der Waals surface area contributed by atoms with Gasteiger partial charge < -0.3 is 24.8 Å². The summed E-state index contributed by atoms with van der Waals surface area (Å²) in [6.07, 6.45) is 4.66. The van der Waals surface area contributed by atoms with Crippen molar-refractivity contribution >= 4 is 23.3 Å². The Kier molecular flexibility index (Phi) is 7.48. The summed E-state index contributed by atoms with van der Waals surface area (Å²) in [7, 11) is 0. The summed E-state index contributed by atoms with van der Waals surface area (Å²) in [4.78, 5) is 22.8. The molecule has 34 heavy (non-hydrogen) atoms. The number of hydrogen-bond donors (Lipinski definition) is 2. The molecule has 0 bridgehead atoms. The predicted octanol–water partition coefficient (Wildman–Crippen LogP) is 3.57. The van der Waals surface area contributed by atoms with Crippen LogP contribution in [0.5, 0.6) is 11.6 Å². The number of halogens is 1. The lowest BCUT2D eigenvalue weighted by Gasteiger charge is -2.21. The van der Waals surface area contributed by atoms with Gasteiger partial charge in [-0.05, 0) is 57.2 Å². The first kappa shape index (κ1) is 24.5. The molecule has 0 spiro atoms. The quantitative estimate of drug-likeness (QED) is 0.527. The third-order valence-electron chi connectivity index (χ3n) is 6.08. The summed E-state index contributed by atoms with van der Waals surface area (Å²) >= 11 is 6.49. The molecule has 2 aliphatic rings. The minimum atomic E-state index is -0.991. The molecule has 9 heteroatoms. The number of aromatic nitrogens is 2. The second kappa shape index (κ2) is 10.4. The molecule has 1 saturated carbocycles. The highest BCUT2D eigenvalue weighted by Crippen LogP contribution is 2.33. The van der Waals surface area contributed by atoms with Crippen LogP contribution in [-0.2, 0) is 4.79 Å². The Labute approximate surface area is 205 Å². The minimum Gasteiger partial charge on any atom is -0.489 e. The summed E-state index contributed by atoms with van der Waals surface area (Å²) < 4.78 is 11.8. The number of hydrogen-bond acceptors (Lipinski definition) is 7. The van der Waals surface area contributed by atoms with Crippen molar-refractivity contribution in [3.8, 4) is 11.6 Å². The Hall–Kier alpha value is -2.58. The molecule has 1 aromatic heterocycles. The summed E-state index contributed by atoms with van der Waals surface area (Å²) in [5.41, 5.74) is -0.0190. The number of aliphatic hydroxyl groups is 1. The molecule has 2 atom stereocenters. The fraction of sp³-hybridized carbons (Fsp3) is 0.560. The van der Waals surface area contributed by atoms with Crippen LogP contribution in [0.3, 0.4) is 0 Å². The highest BCUT2D eigenvalue weighted by Gasteiger charge is 2.28. The zero-order chi connectivity index (χ0) is 24.3. The van der Waals surface area contributed by atoms with Gasteiger partial charge in [0.2, 0.25) is 11.8 Å². The van der Waals surface area contributed by atoms with Crippen molar-refractivity contribution in [1.82, 2.24) is 15.3 Å². The van der Waals surface area contributed by atoms with Crippen molar-refractivity contribution in [2.24, 2.45) is 5.92 Å². The highest BCUT2D eigenvalue weighted by atomic mass is 35.5. The first-order chi connectivity index (χ1) is 16.2. The van der Waals surface area contributed by atoms with Crippen molar-refractivity contribution in [3.05, 3.63) is 41.2 Å². The van der Waals surface area contributed by atoms with Gasteiger partial charge in [-0.1, -0.05) is 23.7 Å². The molecule has 1 aliphatic carbocycles. The van der Waals surface area contributed by atoms with E-state index in [0.29, 0.717) is 23.3 Å². The summed E-state index contributed by atoms with van der Waals surface area (Å²) in [5, 5.41) is 13.3. The average molecular weight is 489 g/mol. The van der Waals surface area contributed by atoms with Crippen LogP contribution in [-0.4, -0.2) is 58.9 Å². The van der Waals surface area contributed by atoms with Gasteiger partial charge in [-0.15, -0.1) is 0 Å². The third-order valence-corrected chi connectivity index (χ3v) is 6.41. The van der Waals surface area contributed by atoms with Crippen LogP contribution < -0.4 is 19.7 Å². The number of nitrogens with one attached hydrogen (secondary N) is 1. The lowest BCUT2D eigenvalue weighted by molar-refractivity contribution is -0.122. The molecule has 0 radical (unpaired) electrons. The zero-order valence-electron chi connectivity index (χ0n) is 20.0. The lowest BCUT2D eigenvalue weighted by Crippen LogP contribution is -2.29. The Balaban J connectivity index is 1.31. The van der Waals surface area contributed by atoms with Gasteiger partial charge in [0.15, 0.2) is 5.82 Å². The van der Waals surface area contributed by atoms with Crippen LogP contribution in [0, 0.1) is 5.92 Å². The van der Waals surface area contributed by atoms with Crippen LogP contribution in [0.1, 0.15) is 51.5 Å². The fourth-order valence-corrected chi connectivity index (χ4v) is 4.10. The fourth-order valence-electron chi connectivity index (χ4n) is 3.83. The number of nitrogens with zero attached hydrogens (tertiary/aromatic N) is 3. The van der Waals surface area contributed by atoms with Gasteiger partial charge in [0.25, 0.3) is 0 Å². The lowest BCUT2D eigenvalue weighted by atomic mass is 10.0. The van der Waals surface area contributed by atoms with Crippen molar-refractivity contribution in [2.45, 2.75) is 57.7 Å². The summed E-state index contributed by atoms with van der Waals surface area (Å²) in [5.74, 6) is 2.16. The van der Waals surface area contributed by atoms with Crippen LogP contribution in [0.2, 0.25) is 5.02 Å². The standard InChI is InChI=1S/C25H33ClN4O4/c1-16(23(31)27-12-17-4-5-17)18-6-8-19(9-7-18)34-20-10-11-30(13-20)22-21(26)24(29-15-28-22)33-14-25(2,3)32/h6-9,15-17,20,32H,4-5,10-14H2,1-3H3,(H,27,31)/t16?,20-/m1/s1. The van der Waals surface area contributed by atoms with Crippen LogP contribution in [0.4, 0.5) is 5.82 Å². The van der Waals surface area contributed by atoms with E-state index in [2.05, 4.69) is 15.3 Å². The first-order valence-corrected chi connectivity index (χ1v) is 12.2. The monoisotopic (exact) mass is 488 g/mol. The SMILES string of the molecule is CC(C(=O)NCC1CC1)c1ccc(O[C@@H]2CCN(c3ncnc(OCC(C)(C)O)c3Cl)C2)cc1. The van der Waals surface area contributed by atoms with E-state index in [4.69, 9.17) is 21.1 Å². The van der Waals surface area contributed by atoms with Gasteiger partial charge in [-0.3, -0.25) is 4.79 Å². The Morgan fingerprint density at radius 2 is 2.00 bits per heavy atom. The van der Waals surface area contributed by atoms with Crippen LogP contribution in [0.25, 0.3) is 0 Å². The Morgan fingerprint density at radius 1 is 1.26 bits per heavy atom.